The first-order valence-corrected chi connectivity index (χ1v) is 8.73. The first kappa shape index (κ1) is 17.7. The van der Waals surface area contributed by atoms with E-state index in [-0.39, 0.29) is 36.4 Å². The van der Waals surface area contributed by atoms with Crippen LogP contribution >= 0.6 is 0 Å². The van der Waals surface area contributed by atoms with Gasteiger partial charge in [-0.05, 0) is 44.0 Å². The second-order valence-electron chi connectivity index (χ2n) is 6.62. The predicted molar refractivity (Wildman–Crippen MR) is 91.8 cm³/mol. The van der Waals surface area contributed by atoms with Crippen LogP contribution in [-0.2, 0) is 14.3 Å². The molecule has 1 N–H and O–H groups in total. The number of hydrogen-bond acceptors (Lipinski definition) is 5. The van der Waals surface area contributed by atoms with E-state index < -0.39 is 0 Å². The standard InChI is InChI=1S/C18H24FN3O3/c1-13(18(24)25-12-17(23)20-15-4-5-15)21-8-10-22(11-9-21)16-6-2-14(19)3-7-16/h2-3,6-7,13,15H,4-5,8-12H2,1H3,(H,20,23)/t13-/m1/s1. The van der Waals surface area contributed by atoms with Gasteiger partial charge in [-0.2, -0.15) is 0 Å². The highest BCUT2D eigenvalue weighted by molar-refractivity contribution is 5.82. The molecule has 1 aliphatic heterocycles. The van der Waals surface area contributed by atoms with Gasteiger partial charge in [0.25, 0.3) is 5.91 Å². The molecule has 0 unspecified atom stereocenters. The Kier molecular flexibility index (Phi) is 5.53. The topological polar surface area (TPSA) is 61.9 Å². The number of esters is 1. The molecule has 0 aromatic heterocycles. The van der Waals surface area contributed by atoms with Crippen LogP contribution in [0.3, 0.4) is 0 Å². The minimum atomic E-state index is -0.385. The Morgan fingerprint density at radius 1 is 1.20 bits per heavy atom. The van der Waals surface area contributed by atoms with Crippen LogP contribution in [0, 0.1) is 5.82 Å². The molecule has 1 aromatic rings. The van der Waals surface area contributed by atoms with E-state index in [9.17, 15) is 14.0 Å². The first-order valence-electron chi connectivity index (χ1n) is 8.73. The molecule has 1 heterocycles. The summed E-state index contributed by atoms with van der Waals surface area (Å²) in [6.07, 6.45) is 2.02. The summed E-state index contributed by atoms with van der Waals surface area (Å²) < 4.78 is 18.1. The molecule has 1 amide bonds. The Morgan fingerprint density at radius 3 is 2.44 bits per heavy atom. The van der Waals surface area contributed by atoms with Crippen molar-refractivity contribution in [3.8, 4) is 0 Å². The van der Waals surface area contributed by atoms with Crippen molar-refractivity contribution in [2.24, 2.45) is 0 Å². The molecule has 2 aliphatic rings. The largest absolute Gasteiger partial charge is 0.454 e. The van der Waals surface area contributed by atoms with Crippen molar-refractivity contribution in [2.75, 3.05) is 37.7 Å². The normalized spacial score (nSPS) is 19.4. The number of halogens is 1. The summed E-state index contributed by atoms with van der Waals surface area (Å²) in [4.78, 5) is 27.9. The van der Waals surface area contributed by atoms with Gasteiger partial charge in [0.15, 0.2) is 6.61 Å². The fraction of sp³-hybridized carbons (Fsp3) is 0.556. The Labute approximate surface area is 146 Å². The number of nitrogens with one attached hydrogen (secondary N) is 1. The monoisotopic (exact) mass is 349 g/mol. The maximum absolute atomic E-state index is 13.0. The number of nitrogens with zero attached hydrogens (tertiary/aromatic N) is 2. The maximum Gasteiger partial charge on any atom is 0.323 e. The van der Waals surface area contributed by atoms with E-state index in [0.717, 1.165) is 31.6 Å². The van der Waals surface area contributed by atoms with Crippen molar-refractivity contribution >= 4 is 17.6 Å². The zero-order chi connectivity index (χ0) is 17.8. The molecule has 1 saturated carbocycles. The van der Waals surface area contributed by atoms with Crippen LogP contribution in [0.25, 0.3) is 0 Å². The van der Waals surface area contributed by atoms with Crippen LogP contribution in [0.4, 0.5) is 10.1 Å². The number of anilines is 1. The molecule has 25 heavy (non-hydrogen) atoms. The Bertz CT molecular complexity index is 610. The number of ether oxygens (including phenoxy) is 1. The average Bonchev–Trinajstić information content (AvgIpc) is 3.44. The summed E-state index contributed by atoms with van der Waals surface area (Å²) in [6.45, 7) is 4.52. The van der Waals surface area contributed by atoms with Gasteiger partial charge in [-0.3, -0.25) is 14.5 Å². The lowest BCUT2D eigenvalue weighted by Gasteiger charge is -2.38. The third kappa shape index (κ3) is 4.92. The van der Waals surface area contributed by atoms with E-state index in [1.807, 2.05) is 4.90 Å². The van der Waals surface area contributed by atoms with Crippen LogP contribution in [0.1, 0.15) is 19.8 Å². The molecule has 0 radical (unpaired) electrons. The van der Waals surface area contributed by atoms with Crippen LogP contribution in [0.5, 0.6) is 0 Å². The minimum Gasteiger partial charge on any atom is -0.454 e. The van der Waals surface area contributed by atoms with Crippen molar-refractivity contribution in [3.63, 3.8) is 0 Å². The highest BCUT2D eigenvalue weighted by atomic mass is 19.1. The van der Waals surface area contributed by atoms with Gasteiger partial charge < -0.3 is 15.0 Å². The number of amides is 1. The van der Waals surface area contributed by atoms with Gasteiger partial charge in [0, 0.05) is 37.9 Å². The molecule has 1 atom stereocenters. The average molecular weight is 349 g/mol. The van der Waals surface area contributed by atoms with Gasteiger partial charge in [-0.1, -0.05) is 0 Å². The minimum absolute atomic E-state index is 0.213. The maximum atomic E-state index is 13.0. The second-order valence-corrected chi connectivity index (χ2v) is 6.62. The first-order chi connectivity index (χ1) is 12.0. The molecular formula is C18H24FN3O3. The Balaban J connectivity index is 1.42. The summed E-state index contributed by atoms with van der Waals surface area (Å²) in [5.74, 6) is -0.852. The van der Waals surface area contributed by atoms with Gasteiger partial charge in [0.05, 0.1) is 0 Å². The van der Waals surface area contributed by atoms with Crippen molar-refractivity contribution in [1.29, 1.82) is 0 Å². The third-order valence-electron chi connectivity index (χ3n) is 4.68. The van der Waals surface area contributed by atoms with Gasteiger partial charge in [-0.15, -0.1) is 0 Å². The van der Waals surface area contributed by atoms with Gasteiger partial charge in [-0.25, -0.2) is 4.39 Å². The van der Waals surface area contributed by atoms with E-state index in [1.165, 1.54) is 12.1 Å². The molecule has 0 bridgehead atoms. The number of rotatable bonds is 6. The lowest BCUT2D eigenvalue weighted by atomic mass is 10.2. The molecule has 2 fully saturated rings. The smallest absolute Gasteiger partial charge is 0.323 e. The zero-order valence-corrected chi connectivity index (χ0v) is 14.4. The van der Waals surface area contributed by atoms with Crippen LogP contribution < -0.4 is 10.2 Å². The van der Waals surface area contributed by atoms with E-state index >= 15 is 0 Å². The van der Waals surface area contributed by atoms with Gasteiger partial charge >= 0.3 is 5.97 Å². The van der Waals surface area contributed by atoms with E-state index in [2.05, 4.69) is 10.2 Å². The quantitative estimate of drug-likeness (QED) is 0.781. The zero-order valence-electron chi connectivity index (χ0n) is 14.4. The van der Waals surface area contributed by atoms with Crippen molar-refractivity contribution in [2.45, 2.75) is 31.8 Å². The number of carbonyl (C=O) groups excluding carboxylic acids is 2. The lowest BCUT2D eigenvalue weighted by molar-refractivity contribution is -0.153. The molecule has 1 saturated heterocycles. The highest BCUT2D eigenvalue weighted by Crippen LogP contribution is 2.19. The fourth-order valence-electron chi connectivity index (χ4n) is 2.92. The third-order valence-corrected chi connectivity index (χ3v) is 4.68. The number of benzene rings is 1. The van der Waals surface area contributed by atoms with E-state index in [0.29, 0.717) is 13.1 Å². The van der Waals surface area contributed by atoms with Crippen molar-refractivity contribution in [1.82, 2.24) is 10.2 Å². The van der Waals surface area contributed by atoms with Gasteiger partial charge in [0.2, 0.25) is 0 Å². The molecule has 0 spiro atoms. The molecule has 1 aliphatic carbocycles. The van der Waals surface area contributed by atoms with Crippen LogP contribution in [0.15, 0.2) is 24.3 Å². The predicted octanol–water partition coefficient (Wildman–Crippen LogP) is 1.16. The number of piperazine rings is 1. The summed E-state index contributed by atoms with van der Waals surface area (Å²) in [7, 11) is 0. The van der Waals surface area contributed by atoms with E-state index in [1.54, 1.807) is 19.1 Å². The van der Waals surface area contributed by atoms with Gasteiger partial charge in [0.1, 0.15) is 11.9 Å². The number of hydrogen-bond donors (Lipinski definition) is 1. The SMILES string of the molecule is C[C@H](C(=O)OCC(=O)NC1CC1)N1CCN(c2ccc(F)cc2)CC1. The van der Waals surface area contributed by atoms with Crippen LogP contribution in [-0.4, -0.2) is 61.6 Å². The lowest BCUT2D eigenvalue weighted by Crippen LogP contribution is -2.52. The Hall–Kier alpha value is -2.15. The molecule has 6 nitrogen and oxygen atoms in total. The van der Waals surface area contributed by atoms with Crippen molar-refractivity contribution in [3.05, 3.63) is 30.1 Å². The molecule has 3 rings (SSSR count). The summed E-state index contributed by atoms with van der Waals surface area (Å²) in [5.41, 5.74) is 0.980. The van der Waals surface area contributed by atoms with Crippen LogP contribution in [0.2, 0.25) is 0 Å². The Morgan fingerprint density at radius 2 is 1.84 bits per heavy atom. The summed E-state index contributed by atoms with van der Waals surface area (Å²) in [5, 5.41) is 2.79. The molecule has 1 aromatic carbocycles. The molecule has 136 valence electrons. The fourth-order valence-corrected chi connectivity index (χ4v) is 2.92. The highest BCUT2D eigenvalue weighted by Gasteiger charge is 2.28. The summed E-state index contributed by atoms with van der Waals surface area (Å²) >= 11 is 0. The number of carbonyl (C=O) groups is 2. The second kappa shape index (κ2) is 7.82. The molecular weight excluding hydrogens is 325 g/mol. The molecule has 7 heteroatoms. The summed E-state index contributed by atoms with van der Waals surface area (Å²) in [6, 6.07) is 6.32. The van der Waals surface area contributed by atoms with E-state index in [4.69, 9.17) is 4.74 Å². The van der Waals surface area contributed by atoms with Crippen molar-refractivity contribution < 1.29 is 18.7 Å².